The number of nitrogens with two attached hydrogens (primary N) is 1. The highest BCUT2D eigenvalue weighted by molar-refractivity contribution is 5.95. The molecule has 3 aromatic rings. The molecule has 4 rings (SSSR count). The number of rotatable bonds is 6. The number of halogens is 1. The van der Waals surface area contributed by atoms with E-state index in [4.69, 9.17) is 5.73 Å². The summed E-state index contributed by atoms with van der Waals surface area (Å²) in [5.74, 6) is -1.92. The Bertz CT molecular complexity index is 1380. The van der Waals surface area contributed by atoms with Gasteiger partial charge in [0.1, 0.15) is 0 Å². The predicted molar refractivity (Wildman–Crippen MR) is 138 cm³/mol. The Balaban J connectivity index is 1.39. The van der Waals surface area contributed by atoms with Crippen LogP contribution in [0.15, 0.2) is 67.0 Å². The molecule has 0 atom stereocenters. The lowest BCUT2D eigenvalue weighted by atomic mass is 10.0. The van der Waals surface area contributed by atoms with Crippen LogP contribution in [0.25, 0.3) is 5.57 Å². The maximum absolute atomic E-state index is 13.2. The van der Waals surface area contributed by atoms with E-state index in [9.17, 15) is 18.8 Å². The van der Waals surface area contributed by atoms with Gasteiger partial charge in [-0.2, -0.15) is 4.98 Å². The van der Waals surface area contributed by atoms with Gasteiger partial charge in [0.15, 0.2) is 5.83 Å². The number of nitrogen functional groups attached to an aromatic ring is 1. The van der Waals surface area contributed by atoms with Gasteiger partial charge in [0, 0.05) is 37.1 Å². The first-order chi connectivity index (χ1) is 17.7. The molecule has 0 spiro atoms. The molecule has 0 saturated heterocycles. The van der Waals surface area contributed by atoms with E-state index in [1.807, 2.05) is 6.08 Å². The Hall–Kier alpha value is -5.00. The van der Waals surface area contributed by atoms with Crippen LogP contribution in [0.5, 0.6) is 0 Å². The van der Waals surface area contributed by atoms with E-state index in [1.165, 1.54) is 4.90 Å². The van der Waals surface area contributed by atoms with E-state index < -0.39 is 17.8 Å². The summed E-state index contributed by atoms with van der Waals surface area (Å²) in [4.78, 5) is 41.7. The summed E-state index contributed by atoms with van der Waals surface area (Å²) < 4.78 is 14.2. The number of nitrogens with one attached hydrogen (secondary N) is 3. The van der Waals surface area contributed by atoms with Crippen molar-refractivity contribution in [2.24, 2.45) is 0 Å². The van der Waals surface area contributed by atoms with Gasteiger partial charge in [-0.15, -0.1) is 9.78 Å². The second kappa shape index (κ2) is 10.7. The maximum Gasteiger partial charge on any atom is 0.349 e. The first-order valence-electron chi connectivity index (χ1n) is 11.3. The highest BCUT2D eigenvalue weighted by atomic mass is 19.1. The molecule has 0 bridgehead atoms. The average molecular weight is 505 g/mol. The van der Waals surface area contributed by atoms with Gasteiger partial charge in [-0.1, -0.05) is 24.8 Å². The molecule has 3 amide bonds. The number of aromatic nitrogens is 3. The van der Waals surface area contributed by atoms with Crippen molar-refractivity contribution in [2.75, 3.05) is 36.5 Å². The summed E-state index contributed by atoms with van der Waals surface area (Å²) in [6, 6.07) is 13.0. The molecule has 0 radical (unpaired) electrons. The molecule has 12 heteroatoms. The molecule has 1 aliphatic rings. The van der Waals surface area contributed by atoms with Gasteiger partial charge in [-0.05, 0) is 54.0 Å². The summed E-state index contributed by atoms with van der Waals surface area (Å²) in [6.07, 6.45) is 2.60. The largest absolute Gasteiger partial charge is 0.368 e. The number of nitrogens with zero attached hydrogens (tertiary/aromatic N) is 4. The fourth-order valence-electron chi connectivity index (χ4n) is 3.75. The minimum atomic E-state index is -0.982. The maximum atomic E-state index is 13.2. The van der Waals surface area contributed by atoms with Crippen LogP contribution in [0.4, 0.5) is 32.5 Å². The zero-order valence-corrected chi connectivity index (χ0v) is 20.0. The van der Waals surface area contributed by atoms with Crippen molar-refractivity contribution < 1.29 is 18.8 Å². The Morgan fingerprint density at radius 3 is 2.38 bits per heavy atom. The third-order valence-electron chi connectivity index (χ3n) is 5.63. The fourth-order valence-corrected chi connectivity index (χ4v) is 3.75. The highest BCUT2D eigenvalue weighted by Crippen LogP contribution is 2.24. The molecular formula is C25H25FN8O3. The average Bonchev–Trinajstić information content (AvgIpc) is 3.28. The van der Waals surface area contributed by atoms with Crippen LogP contribution < -0.4 is 21.7 Å². The van der Waals surface area contributed by atoms with Crippen LogP contribution in [-0.4, -0.2) is 57.6 Å². The van der Waals surface area contributed by atoms with Gasteiger partial charge in [-0.3, -0.25) is 9.59 Å². The number of benzene rings is 2. The molecule has 37 heavy (non-hydrogen) atoms. The number of anilines is 4. The Morgan fingerprint density at radius 1 is 1.05 bits per heavy atom. The Morgan fingerprint density at radius 2 is 1.73 bits per heavy atom. The third-order valence-corrected chi connectivity index (χ3v) is 5.63. The van der Waals surface area contributed by atoms with Crippen molar-refractivity contribution in [3.05, 3.63) is 78.1 Å². The first-order valence-corrected chi connectivity index (χ1v) is 11.3. The lowest BCUT2D eigenvalue weighted by Crippen LogP contribution is -2.35. The van der Waals surface area contributed by atoms with Crippen molar-refractivity contribution in [3.8, 4) is 0 Å². The number of carbonyl (C=O) groups excluding carboxylic acids is 3. The van der Waals surface area contributed by atoms with Crippen LogP contribution in [0.2, 0.25) is 0 Å². The minimum Gasteiger partial charge on any atom is -0.368 e. The van der Waals surface area contributed by atoms with Crippen LogP contribution in [-0.2, 0) is 4.79 Å². The van der Waals surface area contributed by atoms with E-state index in [-0.39, 0.29) is 24.3 Å². The molecule has 2 aromatic carbocycles. The van der Waals surface area contributed by atoms with Gasteiger partial charge in [-0.25, -0.2) is 9.18 Å². The van der Waals surface area contributed by atoms with Crippen molar-refractivity contribution in [3.63, 3.8) is 0 Å². The molecule has 0 fully saturated rings. The summed E-state index contributed by atoms with van der Waals surface area (Å²) in [7, 11) is 1.55. The molecule has 0 aliphatic carbocycles. The van der Waals surface area contributed by atoms with Crippen molar-refractivity contribution in [2.45, 2.75) is 6.42 Å². The van der Waals surface area contributed by atoms with E-state index >= 15 is 0 Å². The van der Waals surface area contributed by atoms with Crippen LogP contribution >= 0.6 is 0 Å². The van der Waals surface area contributed by atoms with E-state index in [1.54, 1.807) is 55.6 Å². The van der Waals surface area contributed by atoms with Crippen LogP contribution in [0, 0.1) is 0 Å². The van der Waals surface area contributed by atoms with E-state index in [0.29, 0.717) is 29.9 Å². The minimum absolute atomic E-state index is 0.106. The third kappa shape index (κ3) is 5.81. The lowest BCUT2D eigenvalue weighted by Gasteiger charge is -2.27. The van der Waals surface area contributed by atoms with Gasteiger partial charge in [0.05, 0.1) is 0 Å². The van der Waals surface area contributed by atoms with Gasteiger partial charge < -0.3 is 26.6 Å². The number of hydrogen-bond acceptors (Lipinski definition) is 7. The fraction of sp³-hybridized carbons (Fsp3) is 0.160. The molecule has 0 saturated carbocycles. The van der Waals surface area contributed by atoms with Gasteiger partial charge in [0.25, 0.3) is 11.8 Å². The Labute approximate surface area is 211 Å². The topological polar surface area (TPSA) is 147 Å². The van der Waals surface area contributed by atoms with Crippen LogP contribution in [0.1, 0.15) is 22.3 Å². The quantitative estimate of drug-likeness (QED) is 0.377. The smallest absolute Gasteiger partial charge is 0.349 e. The molecular weight excluding hydrogens is 479 g/mol. The van der Waals surface area contributed by atoms with Crippen molar-refractivity contribution >= 4 is 46.7 Å². The van der Waals surface area contributed by atoms with E-state index in [2.05, 4.69) is 32.6 Å². The van der Waals surface area contributed by atoms with Gasteiger partial charge >= 0.3 is 6.03 Å². The number of amides is 3. The van der Waals surface area contributed by atoms with Gasteiger partial charge in [0.2, 0.25) is 11.9 Å². The standard InChI is InChI=1S/C25H25FN8O3/c1-15(26)22(36)33-13-3-4-18(14-33)16-5-9-20(10-6-16)30-25(37)34-23(27)31-24(32-34)29-19-11-7-17(8-12-19)21(35)28-2/h4-12H,1,3,13-14H2,2H3,(H,28,35)(H,30,37)(H3,27,29,31,32). The molecule has 1 aliphatic heterocycles. The normalized spacial score (nSPS) is 12.9. The summed E-state index contributed by atoms with van der Waals surface area (Å²) in [6.45, 7) is 3.78. The lowest BCUT2D eigenvalue weighted by molar-refractivity contribution is -0.128. The first kappa shape index (κ1) is 25.1. The monoisotopic (exact) mass is 504 g/mol. The molecule has 1 aromatic heterocycles. The molecule has 0 unspecified atom stereocenters. The predicted octanol–water partition coefficient (Wildman–Crippen LogP) is 3.14. The number of hydrogen-bond donors (Lipinski definition) is 4. The second-order valence-corrected chi connectivity index (χ2v) is 8.14. The number of carbonyl (C=O) groups is 3. The molecule has 11 nitrogen and oxygen atoms in total. The SMILES string of the molecule is C=C(F)C(=O)N1CCC=C(c2ccc(NC(=O)n3nc(Nc4ccc(C(=O)NC)cc4)nc3N)cc2)C1. The molecule has 2 heterocycles. The zero-order valence-electron chi connectivity index (χ0n) is 20.0. The molecule has 190 valence electrons. The van der Waals surface area contributed by atoms with Crippen LogP contribution in [0.3, 0.4) is 0 Å². The summed E-state index contributed by atoms with van der Waals surface area (Å²) in [5.41, 5.74) is 9.18. The second-order valence-electron chi connectivity index (χ2n) is 8.14. The zero-order chi connectivity index (χ0) is 26.5. The molecule has 5 N–H and O–H groups in total. The van der Waals surface area contributed by atoms with Crippen molar-refractivity contribution in [1.82, 2.24) is 25.0 Å². The summed E-state index contributed by atoms with van der Waals surface area (Å²) >= 11 is 0. The highest BCUT2D eigenvalue weighted by Gasteiger charge is 2.21. The Kier molecular flexibility index (Phi) is 7.28. The van der Waals surface area contributed by atoms with E-state index in [0.717, 1.165) is 15.8 Å². The summed E-state index contributed by atoms with van der Waals surface area (Å²) in [5, 5.41) is 12.3. The van der Waals surface area contributed by atoms with Crippen molar-refractivity contribution in [1.29, 1.82) is 0 Å².